The fraction of sp³-hybridized carbons (Fsp3) is 0.636. The average molecular weight is 196 g/mol. The van der Waals surface area contributed by atoms with E-state index in [2.05, 4.69) is 44.8 Å². The summed E-state index contributed by atoms with van der Waals surface area (Å²) in [6, 6.07) is 0. The Morgan fingerprint density at radius 3 is 2.54 bits per heavy atom. The van der Waals surface area contributed by atoms with E-state index in [1.165, 1.54) is 5.57 Å². The van der Waals surface area contributed by atoms with Crippen molar-refractivity contribution in [1.29, 1.82) is 0 Å². The van der Waals surface area contributed by atoms with Gasteiger partial charge >= 0.3 is 0 Å². The maximum Gasteiger partial charge on any atom is 0.184 e. The summed E-state index contributed by atoms with van der Waals surface area (Å²) in [7, 11) is -1.38. The maximum absolute atomic E-state index is 6.09. The van der Waals surface area contributed by atoms with Crippen LogP contribution in [-0.4, -0.2) is 14.4 Å². The molecule has 0 aromatic carbocycles. The minimum atomic E-state index is -1.38. The van der Waals surface area contributed by atoms with Crippen LogP contribution in [0.5, 0.6) is 0 Å². The first-order valence-corrected chi connectivity index (χ1v) is 8.48. The minimum Gasteiger partial charge on any atom is -0.411 e. The lowest BCUT2D eigenvalue weighted by molar-refractivity contribution is 0.229. The summed E-state index contributed by atoms with van der Waals surface area (Å²) in [4.78, 5) is 0. The van der Waals surface area contributed by atoms with E-state index in [1.807, 2.05) is 0 Å². The standard InChI is InChI=1S/C11H20OSi/c1-5-11(12-13(2,3)4)10-8-6-7-9-10/h6,8-9,11H,5,7H2,1-4H3. The highest BCUT2D eigenvalue weighted by atomic mass is 28.4. The molecule has 0 bridgehead atoms. The number of allylic oxidation sites excluding steroid dienone is 2. The predicted molar refractivity (Wildman–Crippen MR) is 60.4 cm³/mol. The summed E-state index contributed by atoms with van der Waals surface area (Å²) in [5.41, 5.74) is 1.38. The molecule has 0 aliphatic heterocycles. The van der Waals surface area contributed by atoms with Gasteiger partial charge in [0.05, 0.1) is 6.10 Å². The van der Waals surface area contributed by atoms with Gasteiger partial charge in [-0.15, -0.1) is 0 Å². The zero-order chi connectivity index (χ0) is 9.90. The molecular weight excluding hydrogens is 176 g/mol. The van der Waals surface area contributed by atoms with E-state index in [9.17, 15) is 0 Å². The molecule has 13 heavy (non-hydrogen) atoms. The summed E-state index contributed by atoms with van der Waals surface area (Å²) in [5, 5.41) is 0. The molecule has 0 spiro atoms. The second kappa shape index (κ2) is 4.25. The van der Waals surface area contributed by atoms with Crippen molar-refractivity contribution in [2.75, 3.05) is 0 Å². The minimum absolute atomic E-state index is 0.338. The fourth-order valence-corrected chi connectivity index (χ4v) is 2.69. The van der Waals surface area contributed by atoms with Gasteiger partial charge in [0, 0.05) is 0 Å². The van der Waals surface area contributed by atoms with E-state index in [0.29, 0.717) is 6.10 Å². The van der Waals surface area contributed by atoms with Crippen LogP contribution in [0.15, 0.2) is 23.8 Å². The lowest BCUT2D eigenvalue weighted by Gasteiger charge is -2.25. The highest BCUT2D eigenvalue weighted by Crippen LogP contribution is 2.21. The number of hydrogen-bond acceptors (Lipinski definition) is 1. The largest absolute Gasteiger partial charge is 0.411 e. The van der Waals surface area contributed by atoms with Crippen LogP contribution in [0.1, 0.15) is 19.8 Å². The predicted octanol–water partition coefficient (Wildman–Crippen LogP) is 3.50. The molecule has 1 rings (SSSR count). The molecule has 1 aliphatic rings. The molecule has 0 saturated heterocycles. The van der Waals surface area contributed by atoms with Crippen LogP contribution in [0.25, 0.3) is 0 Å². The molecule has 0 aromatic rings. The van der Waals surface area contributed by atoms with Gasteiger partial charge in [-0.1, -0.05) is 25.2 Å². The van der Waals surface area contributed by atoms with Gasteiger partial charge in [-0.3, -0.25) is 0 Å². The van der Waals surface area contributed by atoms with Crippen molar-refractivity contribution in [3.8, 4) is 0 Å². The van der Waals surface area contributed by atoms with Crippen LogP contribution >= 0.6 is 0 Å². The van der Waals surface area contributed by atoms with Crippen molar-refractivity contribution < 1.29 is 4.43 Å². The third-order valence-corrected chi connectivity index (χ3v) is 3.03. The first-order valence-electron chi connectivity index (χ1n) is 5.07. The molecule has 0 N–H and O–H groups in total. The molecule has 0 heterocycles. The van der Waals surface area contributed by atoms with E-state index >= 15 is 0 Å². The Bertz CT molecular complexity index is 223. The zero-order valence-electron chi connectivity index (χ0n) is 9.13. The number of hydrogen-bond donors (Lipinski definition) is 0. The van der Waals surface area contributed by atoms with E-state index in [0.717, 1.165) is 12.8 Å². The summed E-state index contributed by atoms with van der Waals surface area (Å²) in [6.07, 6.45) is 9.18. The molecule has 1 unspecified atom stereocenters. The Hall–Kier alpha value is -0.343. The molecule has 0 amide bonds. The van der Waals surface area contributed by atoms with Crippen LogP contribution in [-0.2, 0) is 4.43 Å². The van der Waals surface area contributed by atoms with Crippen molar-refractivity contribution in [3.63, 3.8) is 0 Å². The Kier molecular flexibility index (Phi) is 3.51. The molecule has 1 atom stereocenters. The van der Waals surface area contributed by atoms with Crippen molar-refractivity contribution in [2.45, 2.75) is 45.5 Å². The summed E-state index contributed by atoms with van der Waals surface area (Å²) >= 11 is 0. The van der Waals surface area contributed by atoms with Crippen LogP contribution in [0.4, 0.5) is 0 Å². The van der Waals surface area contributed by atoms with E-state index in [4.69, 9.17) is 4.43 Å². The Balaban J connectivity index is 2.58. The summed E-state index contributed by atoms with van der Waals surface area (Å²) in [6.45, 7) is 8.93. The van der Waals surface area contributed by atoms with Gasteiger partial charge in [0.2, 0.25) is 0 Å². The monoisotopic (exact) mass is 196 g/mol. The normalized spacial score (nSPS) is 18.9. The molecule has 1 nitrogen and oxygen atoms in total. The molecule has 74 valence electrons. The SMILES string of the molecule is CCC(O[Si](C)(C)C)C1=CCC=C1. The number of rotatable bonds is 4. The Morgan fingerprint density at radius 1 is 1.46 bits per heavy atom. The molecule has 0 aromatic heterocycles. The second-order valence-corrected chi connectivity index (χ2v) is 8.93. The summed E-state index contributed by atoms with van der Waals surface area (Å²) in [5.74, 6) is 0. The highest BCUT2D eigenvalue weighted by molar-refractivity contribution is 6.69. The Labute approximate surface area is 82.6 Å². The fourth-order valence-electron chi connectivity index (χ4n) is 1.53. The molecule has 1 aliphatic carbocycles. The van der Waals surface area contributed by atoms with Crippen molar-refractivity contribution in [3.05, 3.63) is 23.8 Å². The second-order valence-electron chi connectivity index (χ2n) is 4.47. The van der Waals surface area contributed by atoms with E-state index in [1.54, 1.807) is 0 Å². The van der Waals surface area contributed by atoms with Crippen molar-refractivity contribution in [2.24, 2.45) is 0 Å². The zero-order valence-corrected chi connectivity index (χ0v) is 10.1. The van der Waals surface area contributed by atoms with Gasteiger partial charge in [-0.05, 0) is 38.1 Å². The average Bonchev–Trinajstić information content (AvgIpc) is 2.50. The third kappa shape index (κ3) is 3.49. The van der Waals surface area contributed by atoms with Crippen LogP contribution < -0.4 is 0 Å². The van der Waals surface area contributed by atoms with E-state index in [-0.39, 0.29) is 0 Å². The smallest absolute Gasteiger partial charge is 0.184 e. The van der Waals surface area contributed by atoms with Gasteiger partial charge in [0.1, 0.15) is 0 Å². The lowest BCUT2D eigenvalue weighted by atomic mass is 10.1. The first kappa shape index (κ1) is 10.7. The Morgan fingerprint density at radius 2 is 2.15 bits per heavy atom. The lowest BCUT2D eigenvalue weighted by Crippen LogP contribution is -2.32. The maximum atomic E-state index is 6.09. The molecule has 0 fully saturated rings. The molecule has 2 heteroatoms. The third-order valence-electron chi connectivity index (χ3n) is 2.04. The van der Waals surface area contributed by atoms with Gasteiger partial charge in [-0.2, -0.15) is 0 Å². The van der Waals surface area contributed by atoms with Crippen LogP contribution in [0, 0.1) is 0 Å². The van der Waals surface area contributed by atoms with Gasteiger partial charge in [0.25, 0.3) is 0 Å². The quantitative estimate of drug-likeness (QED) is 0.625. The molecule has 0 saturated carbocycles. The topological polar surface area (TPSA) is 9.23 Å². The summed E-state index contributed by atoms with van der Waals surface area (Å²) < 4.78 is 6.09. The van der Waals surface area contributed by atoms with Gasteiger partial charge in [-0.25, -0.2) is 0 Å². The van der Waals surface area contributed by atoms with Gasteiger partial charge < -0.3 is 4.43 Å². The highest BCUT2D eigenvalue weighted by Gasteiger charge is 2.22. The molecule has 0 radical (unpaired) electrons. The van der Waals surface area contributed by atoms with Crippen LogP contribution in [0.3, 0.4) is 0 Å². The first-order chi connectivity index (χ1) is 6.03. The van der Waals surface area contributed by atoms with E-state index < -0.39 is 8.32 Å². The van der Waals surface area contributed by atoms with Crippen molar-refractivity contribution >= 4 is 8.32 Å². The van der Waals surface area contributed by atoms with Crippen molar-refractivity contribution in [1.82, 2.24) is 0 Å². The van der Waals surface area contributed by atoms with Gasteiger partial charge in [0.15, 0.2) is 8.32 Å². The molecular formula is C11H20OSi. The van der Waals surface area contributed by atoms with Crippen LogP contribution in [0.2, 0.25) is 19.6 Å².